The fraction of sp³-hybridized carbons (Fsp3) is 0.300. The Morgan fingerprint density at radius 1 is 1.53 bits per heavy atom. The number of amides is 1. The number of nitrogens with two attached hydrogens (primary N) is 1. The summed E-state index contributed by atoms with van der Waals surface area (Å²) in [7, 11) is 0. The van der Waals surface area contributed by atoms with E-state index in [2.05, 4.69) is 5.32 Å². The summed E-state index contributed by atoms with van der Waals surface area (Å²) >= 11 is 5.70. The highest BCUT2D eigenvalue weighted by Gasteiger charge is 2.08. The van der Waals surface area contributed by atoms with E-state index in [0.717, 1.165) is 0 Å². The maximum atomic E-state index is 11.5. The number of nitrogen functional groups attached to an aromatic ring is 1. The molecule has 0 radical (unpaired) electrons. The predicted octanol–water partition coefficient (Wildman–Crippen LogP) is 1.03. The second-order valence-corrected chi connectivity index (χ2v) is 3.50. The van der Waals surface area contributed by atoms with E-state index in [1.54, 1.807) is 12.1 Å². The van der Waals surface area contributed by atoms with Crippen molar-refractivity contribution < 1.29 is 9.90 Å². The van der Waals surface area contributed by atoms with Crippen molar-refractivity contribution in [3.05, 3.63) is 28.8 Å². The number of carbonyl (C=O) groups is 1. The van der Waals surface area contributed by atoms with Crippen LogP contribution in [0.5, 0.6) is 0 Å². The van der Waals surface area contributed by atoms with Gasteiger partial charge < -0.3 is 16.2 Å². The summed E-state index contributed by atoms with van der Waals surface area (Å²) in [4.78, 5) is 11.5. The Morgan fingerprint density at radius 3 is 2.87 bits per heavy atom. The van der Waals surface area contributed by atoms with Crippen LogP contribution in [0.4, 0.5) is 5.69 Å². The zero-order valence-electron chi connectivity index (χ0n) is 8.16. The Morgan fingerprint density at radius 2 is 2.27 bits per heavy atom. The van der Waals surface area contributed by atoms with Crippen molar-refractivity contribution in [1.29, 1.82) is 0 Å². The van der Waals surface area contributed by atoms with Crippen LogP contribution in [0.1, 0.15) is 16.8 Å². The number of hydrogen-bond acceptors (Lipinski definition) is 3. The van der Waals surface area contributed by atoms with Gasteiger partial charge in [0.25, 0.3) is 5.91 Å². The summed E-state index contributed by atoms with van der Waals surface area (Å²) in [6.07, 6.45) is 0.527. The third-order valence-electron chi connectivity index (χ3n) is 1.88. The summed E-state index contributed by atoms with van der Waals surface area (Å²) in [5.41, 5.74) is 6.38. The van der Waals surface area contributed by atoms with Crippen LogP contribution in [-0.2, 0) is 0 Å². The number of nitrogens with one attached hydrogen (secondary N) is 1. The zero-order valence-corrected chi connectivity index (χ0v) is 8.92. The fourth-order valence-electron chi connectivity index (χ4n) is 1.12. The van der Waals surface area contributed by atoms with Crippen LogP contribution in [0.2, 0.25) is 5.02 Å². The van der Waals surface area contributed by atoms with Crippen molar-refractivity contribution in [2.45, 2.75) is 6.42 Å². The molecule has 0 unspecified atom stereocenters. The first-order valence-electron chi connectivity index (χ1n) is 4.59. The largest absolute Gasteiger partial charge is 0.398 e. The molecule has 1 aromatic carbocycles. The number of halogens is 1. The van der Waals surface area contributed by atoms with Crippen LogP contribution in [0, 0.1) is 0 Å². The molecule has 1 amide bonds. The first-order chi connectivity index (χ1) is 7.15. The highest BCUT2D eigenvalue weighted by molar-refractivity contribution is 6.31. The van der Waals surface area contributed by atoms with Crippen LogP contribution in [0.3, 0.4) is 0 Å². The number of rotatable bonds is 4. The average Bonchev–Trinajstić information content (AvgIpc) is 2.17. The van der Waals surface area contributed by atoms with E-state index in [1.807, 2.05) is 0 Å². The Balaban J connectivity index is 2.65. The van der Waals surface area contributed by atoms with Crippen LogP contribution >= 0.6 is 11.6 Å². The van der Waals surface area contributed by atoms with Gasteiger partial charge in [-0.05, 0) is 24.6 Å². The van der Waals surface area contributed by atoms with E-state index < -0.39 is 0 Å². The van der Waals surface area contributed by atoms with Crippen molar-refractivity contribution in [2.24, 2.45) is 0 Å². The Kier molecular flexibility index (Phi) is 4.39. The third-order valence-corrected chi connectivity index (χ3v) is 2.11. The standard InChI is InChI=1S/C10H13ClN2O2/c11-7-2-3-8(9(12)6-7)10(15)13-4-1-5-14/h2-3,6,14H,1,4-5,12H2,(H,13,15). The molecule has 0 bridgehead atoms. The molecule has 4 nitrogen and oxygen atoms in total. The lowest BCUT2D eigenvalue weighted by molar-refractivity contribution is 0.0952. The maximum Gasteiger partial charge on any atom is 0.253 e. The molecule has 0 aliphatic rings. The minimum Gasteiger partial charge on any atom is -0.398 e. The maximum absolute atomic E-state index is 11.5. The first-order valence-corrected chi connectivity index (χ1v) is 4.97. The van der Waals surface area contributed by atoms with Gasteiger partial charge in [-0.25, -0.2) is 0 Å². The molecule has 5 heteroatoms. The third kappa shape index (κ3) is 3.42. The lowest BCUT2D eigenvalue weighted by Crippen LogP contribution is -2.25. The zero-order chi connectivity index (χ0) is 11.3. The van der Waals surface area contributed by atoms with Gasteiger partial charge in [-0.2, -0.15) is 0 Å². The smallest absolute Gasteiger partial charge is 0.253 e. The molecule has 4 N–H and O–H groups in total. The van der Waals surface area contributed by atoms with Gasteiger partial charge in [0.2, 0.25) is 0 Å². The van der Waals surface area contributed by atoms with E-state index >= 15 is 0 Å². The lowest BCUT2D eigenvalue weighted by atomic mass is 10.1. The number of aliphatic hydroxyl groups is 1. The fourth-order valence-corrected chi connectivity index (χ4v) is 1.30. The number of carbonyl (C=O) groups excluding carboxylic acids is 1. The van der Waals surface area contributed by atoms with Gasteiger partial charge in [-0.1, -0.05) is 11.6 Å². The van der Waals surface area contributed by atoms with Crippen LogP contribution < -0.4 is 11.1 Å². The summed E-state index contributed by atoms with van der Waals surface area (Å²) in [6, 6.07) is 4.72. The van der Waals surface area contributed by atoms with E-state index in [0.29, 0.717) is 29.2 Å². The van der Waals surface area contributed by atoms with Crippen molar-refractivity contribution in [3.63, 3.8) is 0 Å². The van der Waals surface area contributed by atoms with Gasteiger partial charge in [0.05, 0.1) is 5.56 Å². The number of benzene rings is 1. The van der Waals surface area contributed by atoms with Crippen LogP contribution in [0.25, 0.3) is 0 Å². The van der Waals surface area contributed by atoms with Crippen molar-refractivity contribution in [2.75, 3.05) is 18.9 Å². The van der Waals surface area contributed by atoms with Gasteiger partial charge in [-0.3, -0.25) is 4.79 Å². The molecule has 82 valence electrons. The van der Waals surface area contributed by atoms with E-state index in [4.69, 9.17) is 22.4 Å². The Hall–Kier alpha value is -1.26. The topological polar surface area (TPSA) is 75.4 Å². The SMILES string of the molecule is Nc1cc(Cl)ccc1C(=O)NCCCO. The Labute approximate surface area is 93.0 Å². The second kappa shape index (κ2) is 5.58. The molecule has 0 fully saturated rings. The normalized spacial score (nSPS) is 10.0. The van der Waals surface area contributed by atoms with E-state index in [9.17, 15) is 4.79 Å². The highest BCUT2D eigenvalue weighted by Crippen LogP contribution is 2.17. The minimum atomic E-state index is -0.252. The minimum absolute atomic E-state index is 0.0520. The molecule has 0 saturated heterocycles. The molecule has 0 saturated carbocycles. The highest BCUT2D eigenvalue weighted by atomic mass is 35.5. The quantitative estimate of drug-likeness (QED) is 0.532. The van der Waals surface area contributed by atoms with Crippen molar-refractivity contribution >= 4 is 23.2 Å². The van der Waals surface area contributed by atoms with Gasteiger partial charge in [0.1, 0.15) is 0 Å². The Bertz CT molecular complexity index is 355. The summed E-state index contributed by atoms with van der Waals surface area (Å²) in [6.45, 7) is 0.480. The van der Waals surface area contributed by atoms with E-state index in [-0.39, 0.29) is 12.5 Å². The molecule has 0 aliphatic heterocycles. The van der Waals surface area contributed by atoms with Crippen molar-refractivity contribution in [3.8, 4) is 0 Å². The van der Waals surface area contributed by atoms with Gasteiger partial charge in [0.15, 0.2) is 0 Å². The molecule has 15 heavy (non-hydrogen) atoms. The molecule has 1 rings (SSSR count). The van der Waals surface area contributed by atoms with Gasteiger partial charge in [-0.15, -0.1) is 0 Å². The van der Waals surface area contributed by atoms with Gasteiger partial charge in [0, 0.05) is 23.9 Å². The number of aliphatic hydroxyl groups excluding tert-OH is 1. The van der Waals surface area contributed by atoms with Crippen LogP contribution in [-0.4, -0.2) is 24.2 Å². The summed E-state index contributed by atoms with van der Waals surface area (Å²) < 4.78 is 0. The number of hydrogen-bond donors (Lipinski definition) is 3. The van der Waals surface area contributed by atoms with Crippen LogP contribution in [0.15, 0.2) is 18.2 Å². The molecule has 0 atom stereocenters. The second-order valence-electron chi connectivity index (χ2n) is 3.06. The molecular formula is C10H13ClN2O2. The van der Waals surface area contributed by atoms with Crippen molar-refractivity contribution in [1.82, 2.24) is 5.32 Å². The lowest BCUT2D eigenvalue weighted by Gasteiger charge is -2.06. The number of anilines is 1. The monoisotopic (exact) mass is 228 g/mol. The molecule has 0 aromatic heterocycles. The van der Waals surface area contributed by atoms with Gasteiger partial charge >= 0.3 is 0 Å². The molecule has 0 aliphatic carbocycles. The molecule has 0 heterocycles. The molecular weight excluding hydrogens is 216 g/mol. The average molecular weight is 229 g/mol. The summed E-state index contributed by atoms with van der Waals surface area (Å²) in [5.74, 6) is -0.252. The first kappa shape index (κ1) is 11.8. The molecule has 0 spiro atoms. The molecule has 1 aromatic rings. The predicted molar refractivity (Wildman–Crippen MR) is 59.9 cm³/mol. The van der Waals surface area contributed by atoms with E-state index in [1.165, 1.54) is 6.07 Å². The summed E-state index contributed by atoms with van der Waals surface area (Å²) in [5, 5.41) is 11.7.